The van der Waals surface area contributed by atoms with Crippen molar-refractivity contribution in [1.29, 1.82) is 0 Å². The Morgan fingerprint density at radius 1 is 1.56 bits per heavy atom. The molecule has 0 amide bonds. The molecule has 5 heteroatoms. The Morgan fingerprint density at radius 2 is 2.31 bits per heavy atom. The number of hydrazone groups is 1. The first-order valence-corrected chi connectivity index (χ1v) is 5.52. The van der Waals surface area contributed by atoms with Gasteiger partial charge in [0.1, 0.15) is 0 Å². The normalized spacial score (nSPS) is 11.1. The van der Waals surface area contributed by atoms with Crippen LogP contribution in [0.25, 0.3) is 0 Å². The van der Waals surface area contributed by atoms with Gasteiger partial charge in [-0.05, 0) is 38.2 Å². The predicted octanol–water partition coefficient (Wildman–Crippen LogP) is 1.63. The van der Waals surface area contributed by atoms with E-state index < -0.39 is 0 Å². The van der Waals surface area contributed by atoms with Gasteiger partial charge in [0.2, 0.25) is 0 Å². The molecule has 1 aromatic heterocycles. The van der Waals surface area contributed by atoms with Crippen LogP contribution in [-0.2, 0) is 0 Å². The second-order valence-corrected chi connectivity index (χ2v) is 3.73. The molecule has 0 aromatic carbocycles. The van der Waals surface area contributed by atoms with E-state index in [4.69, 9.17) is 12.2 Å². The molecular formula is C11H16N4S. The van der Waals surface area contributed by atoms with Crippen molar-refractivity contribution in [2.24, 2.45) is 5.10 Å². The van der Waals surface area contributed by atoms with Gasteiger partial charge in [0, 0.05) is 19.8 Å². The average molecular weight is 236 g/mol. The fourth-order valence-corrected chi connectivity index (χ4v) is 1.17. The highest BCUT2D eigenvalue weighted by Gasteiger charge is 2.01. The molecule has 86 valence electrons. The summed E-state index contributed by atoms with van der Waals surface area (Å²) in [4.78, 5) is 6.10. The Balaban J connectivity index is 2.62. The molecule has 0 aliphatic carbocycles. The zero-order valence-corrected chi connectivity index (χ0v) is 10.6. The van der Waals surface area contributed by atoms with Gasteiger partial charge in [-0.1, -0.05) is 6.07 Å². The van der Waals surface area contributed by atoms with Crippen LogP contribution in [0, 0.1) is 0 Å². The van der Waals surface area contributed by atoms with Crippen LogP contribution in [-0.4, -0.2) is 34.3 Å². The highest BCUT2D eigenvalue weighted by molar-refractivity contribution is 7.80. The van der Waals surface area contributed by atoms with Gasteiger partial charge in [0.15, 0.2) is 5.11 Å². The van der Waals surface area contributed by atoms with Crippen molar-refractivity contribution in [3.05, 3.63) is 30.1 Å². The van der Waals surface area contributed by atoms with Gasteiger partial charge in [-0.25, -0.2) is 0 Å². The molecule has 0 radical (unpaired) electrons. The Morgan fingerprint density at radius 3 is 2.88 bits per heavy atom. The number of rotatable bonds is 3. The summed E-state index contributed by atoms with van der Waals surface area (Å²) in [7, 11) is 1.92. The van der Waals surface area contributed by atoms with E-state index in [2.05, 4.69) is 15.5 Å². The fraction of sp³-hybridized carbons (Fsp3) is 0.364. The number of hydrogen-bond donors (Lipinski definition) is 1. The van der Waals surface area contributed by atoms with E-state index >= 15 is 0 Å². The second-order valence-electron chi connectivity index (χ2n) is 3.34. The van der Waals surface area contributed by atoms with Crippen LogP contribution < -0.4 is 5.43 Å². The Hall–Kier alpha value is -1.49. The Bertz CT molecular complexity index is 375. The third-order valence-corrected chi connectivity index (χ3v) is 2.58. The zero-order valence-electron chi connectivity index (χ0n) is 9.77. The molecule has 0 bridgehead atoms. The SMILES string of the molecule is CCN(C)C(=S)N/N=C(\C)c1ccccn1. The first kappa shape index (κ1) is 12.6. The quantitative estimate of drug-likeness (QED) is 0.492. The lowest BCUT2D eigenvalue weighted by Gasteiger charge is -2.16. The van der Waals surface area contributed by atoms with Gasteiger partial charge < -0.3 is 4.90 Å². The highest BCUT2D eigenvalue weighted by atomic mass is 32.1. The van der Waals surface area contributed by atoms with Crippen LogP contribution in [0.3, 0.4) is 0 Å². The van der Waals surface area contributed by atoms with E-state index in [1.807, 2.05) is 44.0 Å². The van der Waals surface area contributed by atoms with Crippen molar-refractivity contribution in [2.75, 3.05) is 13.6 Å². The minimum Gasteiger partial charge on any atom is -0.351 e. The number of aromatic nitrogens is 1. The summed E-state index contributed by atoms with van der Waals surface area (Å²) in [6.45, 7) is 4.77. The van der Waals surface area contributed by atoms with Crippen LogP contribution in [0.4, 0.5) is 0 Å². The zero-order chi connectivity index (χ0) is 12.0. The van der Waals surface area contributed by atoms with Crippen molar-refractivity contribution in [3.63, 3.8) is 0 Å². The number of pyridine rings is 1. The van der Waals surface area contributed by atoms with E-state index in [1.54, 1.807) is 6.20 Å². The minimum absolute atomic E-state index is 0.609. The molecule has 1 heterocycles. The van der Waals surface area contributed by atoms with Crippen molar-refractivity contribution in [1.82, 2.24) is 15.3 Å². The molecule has 0 aliphatic heterocycles. The molecule has 0 spiro atoms. The molecule has 0 unspecified atom stereocenters. The summed E-state index contributed by atoms with van der Waals surface area (Å²) in [6, 6.07) is 5.71. The number of hydrogen-bond acceptors (Lipinski definition) is 3. The van der Waals surface area contributed by atoms with Gasteiger partial charge in [-0.15, -0.1) is 0 Å². The Labute approximate surface area is 101 Å². The lowest BCUT2D eigenvalue weighted by Crippen LogP contribution is -2.34. The molecule has 0 saturated carbocycles. The summed E-state index contributed by atoms with van der Waals surface area (Å²) >= 11 is 5.13. The third-order valence-electron chi connectivity index (χ3n) is 2.18. The first-order valence-electron chi connectivity index (χ1n) is 5.12. The summed E-state index contributed by atoms with van der Waals surface area (Å²) in [6.07, 6.45) is 1.74. The maximum absolute atomic E-state index is 5.13. The largest absolute Gasteiger partial charge is 0.351 e. The first-order chi connectivity index (χ1) is 7.65. The van der Waals surface area contributed by atoms with E-state index in [0.29, 0.717) is 5.11 Å². The lowest BCUT2D eigenvalue weighted by atomic mass is 10.3. The van der Waals surface area contributed by atoms with Gasteiger partial charge in [0.05, 0.1) is 11.4 Å². The summed E-state index contributed by atoms with van der Waals surface area (Å²) in [5.41, 5.74) is 4.49. The molecule has 0 saturated heterocycles. The van der Waals surface area contributed by atoms with Gasteiger partial charge >= 0.3 is 0 Å². The molecule has 16 heavy (non-hydrogen) atoms. The second kappa shape index (κ2) is 6.17. The lowest BCUT2D eigenvalue weighted by molar-refractivity contribution is 0.525. The maximum Gasteiger partial charge on any atom is 0.189 e. The predicted molar refractivity (Wildman–Crippen MR) is 70.5 cm³/mol. The third kappa shape index (κ3) is 3.58. The summed E-state index contributed by atoms with van der Waals surface area (Å²) < 4.78 is 0. The fourth-order valence-electron chi connectivity index (χ4n) is 0.995. The number of thiocarbonyl (C=S) groups is 1. The van der Waals surface area contributed by atoms with E-state index in [-0.39, 0.29) is 0 Å². The molecule has 0 aliphatic rings. The summed E-state index contributed by atoms with van der Waals surface area (Å²) in [5, 5.41) is 4.79. The maximum atomic E-state index is 5.13. The van der Waals surface area contributed by atoms with Crippen molar-refractivity contribution >= 4 is 23.0 Å². The number of nitrogens with one attached hydrogen (secondary N) is 1. The minimum atomic E-state index is 0.609. The van der Waals surface area contributed by atoms with Crippen LogP contribution >= 0.6 is 12.2 Å². The van der Waals surface area contributed by atoms with Crippen molar-refractivity contribution < 1.29 is 0 Å². The topological polar surface area (TPSA) is 40.5 Å². The molecule has 1 N–H and O–H groups in total. The van der Waals surface area contributed by atoms with E-state index in [9.17, 15) is 0 Å². The van der Waals surface area contributed by atoms with Crippen LogP contribution in [0.15, 0.2) is 29.5 Å². The number of nitrogens with zero attached hydrogens (tertiary/aromatic N) is 3. The molecule has 1 rings (SSSR count). The van der Waals surface area contributed by atoms with Crippen LogP contribution in [0.5, 0.6) is 0 Å². The van der Waals surface area contributed by atoms with Gasteiger partial charge in [0.25, 0.3) is 0 Å². The molecule has 4 nitrogen and oxygen atoms in total. The van der Waals surface area contributed by atoms with Crippen molar-refractivity contribution in [3.8, 4) is 0 Å². The highest BCUT2D eigenvalue weighted by Crippen LogP contribution is 1.95. The molecule has 1 aromatic rings. The molecule has 0 atom stereocenters. The van der Waals surface area contributed by atoms with Gasteiger partial charge in [-0.2, -0.15) is 5.10 Å². The Kier molecular flexibility index (Phi) is 4.85. The molecule has 0 fully saturated rings. The smallest absolute Gasteiger partial charge is 0.189 e. The van der Waals surface area contributed by atoms with Crippen LogP contribution in [0.2, 0.25) is 0 Å². The molecular weight excluding hydrogens is 220 g/mol. The monoisotopic (exact) mass is 236 g/mol. The van der Waals surface area contributed by atoms with Crippen molar-refractivity contribution in [2.45, 2.75) is 13.8 Å². The standard InChI is InChI=1S/C11H16N4S/c1-4-15(3)11(16)14-13-9(2)10-7-5-6-8-12-10/h5-8H,4H2,1-3H3,(H,14,16)/b13-9+. The van der Waals surface area contributed by atoms with Crippen LogP contribution in [0.1, 0.15) is 19.5 Å². The van der Waals surface area contributed by atoms with Gasteiger partial charge in [-0.3, -0.25) is 10.4 Å². The van der Waals surface area contributed by atoms with E-state index in [0.717, 1.165) is 18.0 Å². The summed E-state index contributed by atoms with van der Waals surface area (Å²) in [5.74, 6) is 0. The average Bonchev–Trinajstić information content (AvgIpc) is 2.35. The van der Waals surface area contributed by atoms with E-state index in [1.165, 1.54) is 0 Å².